The molecule has 5 heteroatoms. The Morgan fingerprint density at radius 2 is 1.73 bits per heavy atom. The van der Waals surface area contributed by atoms with Crippen LogP contribution in [0.15, 0.2) is 59.0 Å². The number of para-hydroxylation sites is 2. The van der Waals surface area contributed by atoms with E-state index in [9.17, 15) is 9.90 Å². The fourth-order valence-corrected chi connectivity index (χ4v) is 3.22. The highest BCUT2D eigenvalue weighted by Gasteiger charge is 2.29. The number of carbonyl (C=O) groups excluding carboxylic acids is 1. The number of halogens is 2. The first-order chi connectivity index (χ1) is 10.6. The largest absolute Gasteiger partial charge is 0.507 e. The summed E-state index contributed by atoms with van der Waals surface area (Å²) in [6.07, 6.45) is 0. The van der Waals surface area contributed by atoms with E-state index in [4.69, 9.17) is 4.42 Å². The molecular formula is C17H12Br2O3. The maximum Gasteiger partial charge on any atom is 0.181 e. The number of alkyl halides is 2. The summed E-state index contributed by atoms with van der Waals surface area (Å²) in [6.45, 7) is 0. The highest BCUT2D eigenvalue weighted by molar-refractivity contribution is 9.12. The summed E-state index contributed by atoms with van der Waals surface area (Å²) < 4.78 is 5.78. The topological polar surface area (TPSA) is 50.4 Å². The third kappa shape index (κ3) is 2.83. The highest BCUT2D eigenvalue weighted by Crippen LogP contribution is 2.37. The maximum atomic E-state index is 12.5. The smallest absolute Gasteiger partial charge is 0.181 e. The van der Waals surface area contributed by atoms with Crippen LogP contribution in [0.2, 0.25) is 0 Å². The lowest BCUT2D eigenvalue weighted by atomic mass is 10.0. The number of phenols is 1. The van der Waals surface area contributed by atoms with Crippen molar-refractivity contribution in [1.29, 1.82) is 0 Å². The van der Waals surface area contributed by atoms with Crippen molar-refractivity contribution in [2.24, 2.45) is 0 Å². The van der Waals surface area contributed by atoms with E-state index in [1.165, 1.54) is 6.07 Å². The van der Waals surface area contributed by atoms with Crippen molar-refractivity contribution in [2.75, 3.05) is 0 Å². The zero-order chi connectivity index (χ0) is 15.7. The molecule has 0 spiro atoms. The first-order valence-electron chi connectivity index (χ1n) is 6.67. The number of benzene rings is 2. The van der Waals surface area contributed by atoms with Gasteiger partial charge in [0.2, 0.25) is 0 Å². The third-order valence-electron chi connectivity index (χ3n) is 3.39. The van der Waals surface area contributed by atoms with Gasteiger partial charge in [0, 0.05) is 5.39 Å². The minimum atomic E-state index is -0.554. The van der Waals surface area contributed by atoms with E-state index < -0.39 is 4.83 Å². The zero-order valence-electron chi connectivity index (χ0n) is 11.4. The summed E-state index contributed by atoms with van der Waals surface area (Å²) >= 11 is 6.91. The van der Waals surface area contributed by atoms with E-state index in [1.54, 1.807) is 18.2 Å². The van der Waals surface area contributed by atoms with E-state index in [0.29, 0.717) is 5.76 Å². The van der Waals surface area contributed by atoms with E-state index in [2.05, 4.69) is 31.9 Å². The molecule has 1 N–H and O–H groups in total. The monoisotopic (exact) mass is 422 g/mol. The summed E-state index contributed by atoms with van der Waals surface area (Å²) in [4.78, 5) is 11.6. The molecule has 3 aromatic rings. The third-order valence-corrected chi connectivity index (χ3v) is 6.03. The molecule has 0 aliphatic carbocycles. The van der Waals surface area contributed by atoms with Gasteiger partial charge in [-0.3, -0.25) is 4.79 Å². The van der Waals surface area contributed by atoms with Gasteiger partial charge in [-0.15, -0.1) is 0 Å². The Bertz CT molecular complexity index is 792. The summed E-state index contributed by atoms with van der Waals surface area (Å²) in [5, 5.41) is 10.8. The van der Waals surface area contributed by atoms with Gasteiger partial charge in [-0.25, -0.2) is 0 Å². The van der Waals surface area contributed by atoms with E-state index in [-0.39, 0.29) is 21.9 Å². The van der Waals surface area contributed by atoms with Crippen LogP contribution in [0.1, 0.15) is 20.9 Å². The SMILES string of the molecule is O=C(c1ccccc1O)[C@@H](Br)[C@@H](Br)c1cc2ccccc2o1. The Hall–Kier alpha value is -1.59. The second-order valence-corrected chi connectivity index (χ2v) is 6.84. The van der Waals surface area contributed by atoms with Crippen LogP contribution >= 0.6 is 31.9 Å². The number of furan rings is 1. The number of aromatic hydroxyl groups is 1. The Balaban J connectivity index is 1.89. The molecule has 1 heterocycles. The van der Waals surface area contributed by atoms with Crippen molar-refractivity contribution in [2.45, 2.75) is 9.65 Å². The van der Waals surface area contributed by atoms with Crippen LogP contribution in [0.5, 0.6) is 5.75 Å². The molecule has 2 atom stereocenters. The molecule has 22 heavy (non-hydrogen) atoms. The van der Waals surface area contributed by atoms with Gasteiger partial charge in [-0.1, -0.05) is 62.2 Å². The molecule has 1 aromatic heterocycles. The van der Waals surface area contributed by atoms with E-state index in [0.717, 1.165) is 11.0 Å². The number of fused-ring (bicyclic) bond motifs is 1. The number of hydrogen-bond donors (Lipinski definition) is 1. The lowest BCUT2D eigenvalue weighted by Crippen LogP contribution is -2.19. The Morgan fingerprint density at radius 3 is 2.45 bits per heavy atom. The molecule has 0 aliphatic heterocycles. The summed E-state index contributed by atoms with van der Waals surface area (Å²) in [5.74, 6) is 0.425. The number of carbonyl (C=O) groups is 1. The lowest BCUT2D eigenvalue weighted by molar-refractivity contribution is 0.0986. The quantitative estimate of drug-likeness (QED) is 0.462. The molecule has 0 aliphatic rings. The Kier molecular flexibility index (Phi) is 4.36. The fraction of sp³-hybridized carbons (Fsp3) is 0.118. The number of hydrogen-bond acceptors (Lipinski definition) is 3. The van der Waals surface area contributed by atoms with Crippen molar-refractivity contribution in [3.05, 3.63) is 65.9 Å². The summed E-state index contributed by atoms with van der Waals surface area (Å²) in [6, 6.07) is 16.1. The van der Waals surface area contributed by atoms with Gasteiger partial charge in [0.25, 0.3) is 0 Å². The zero-order valence-corrected chi connectivity index (χ0v) is 14.5. The average Bonchev–Trinajstić information content (AvgIpc) is 2.97. The normalized spacial score (nSPS) is 13.9. The number of Topliss-reactive ketones (excluding diaryl/α,β-unsaturated/α-hetero) is 1. The molecule has 0 radical (unpaired) electrons. The number of ketones is 1. The predicted molar refractivity (Wildman–Crippen MR) is 93.0 cm³/mol. The van der Waals surface area contributed by atoms with E-state index in [1.807, 2.05) is 30.3 Å². The van der Waals surface area contributed by atoms with Crippen LogP contribution < -0.4 is 0 Å². The second-order valence-electron chi connectivity index (χ2n) is 4.87. The number of rotatable bonds is 4. The van der Waals surface area contributed by atoms with Crippen LogP contribution in [0, 0.1) is 0 Å². The lowest BCUT2D eigenvalue weighted by Gasteiger charge is -2.14. The van der Waals surface area contributed by atoms with Crippen molar-refractivity contribution in [1.82, 2.24) is 0 Å². The van der Waals surface area contributed by atoms with Crippen LogP contribution in [-0.4, -0.2) is 15.7 Å². The standard InChI is InChI=1S/C17H12Br2O3/c18-15(14-9-10-5-1-4-8-13(10)22-14)16(19)17(21)11-6-2-3-7-12(11)20/h1-9,15-16,20H/t15-,16-/m0/s1. The molecule has 2 aromatic carbocycles. The average molecular weight is 424 g/mol. The molecule has 0 unspecified atom stereocenters. The van der Waals surface area contributed by atoms with Crippen molar-refractivity contribution in [3.8, 4) is 5.75 Å². The van der Waals surface area contributed by atoms with Gasteiger partial charge >= 0.3 is 0 Å². The molecular weight excluding hydrogens is 412 g/mol. The first kappa shape index (κ1) is 15.3. The fourth-order valence-electron chi connectivity index (χ4n) is 2.25. The van der Waals surface area contributed by atoms with Crippen LogP contribution in [0.25, 0.3) is 11.0 Å². The molecule has 112 valence electrons. The van der Waals surface area contributed by atoms with Gasteiger partial charge in [-0.2, -0.15) is 0 Å². The summed E-state index contributed by atoms with van der Waals surface area (Å²) in [7, 11) is 0. The molecule has 0 fully saturated rings. The number of phenolic OH excluding ortho intramolecular Hbond substituents is 1. The van der Waals surface area contributed by atoms with Crippen LogP contribution in [-0.2, 0) is 0 Å². The van der Waals surface area contributed by atoms with Crippen LogP contribution in [0.4, 0.5) is 0 Å². The predicted octanol–water partition coefficient (Wildman–Crippen LogP) is 5.22. The Morgan fingerprint density at radius 1 is 1.05 bits per heavy atom. The van der Waals surface area contributed by atoms with Gasteiger partial charge in [0.15, 0.2) is 5.78 Å². The van der Waals surface area contributed by atoms with Gasteiger partial charge in [0.05, 0.1) is 15.2 Å². The van der Waals surface area contributed by atoms with Crippen molar-refractivity contribution in [3.63, 3.8) is 0 Å². The molecule has 0 amide bonds. The summed E-state index contributed by atoms with van der Waals surface area (Å²) in [5.41, 5.74) is 1.06. The highest BCUT2D eigenvalue weighted by atomic mass is 79.9. The molecule has 3 nitrogen and oxygen atoms in total. The molecule has 3 rings (SSSR count). The second kappa shape index (κ2) is 6.26. The Labute approximate surface area is 144 Å². The maximum absolute atomic E-state index is 12.5. The van der Waals surface area contributed by atoms with Gasteiger partial charge in [-0.05, 0) is 24.3 Å². The van der Waals surface area contributed by atoms with Crippen molar-refractivity contribution < 1.29 is 14.3 Å². The molecule has 0 saturated heterocycles. The minimum absolute atomic E-state index is 0.0266. The molecule has 0 bridgehead atoms. The van der Waals surface area contributed by atoms with Gasteiger partial charge < -0.3 is 9.52 Å². The van der Waals surface area contributed by atoms with Crippen molar-refractivity contribution >= 4 is 48.6 Å². The minimum Gasteiger partial charge on any atom is -0.507 e. The van der Waals surface area contributed by atoms with Crippen LogP contribution in [0.3, 0.4) is 0 Å². The first-order valence-corrected chi connectivity index (χ1v) is 8.50. The van der Waals surface area contributed by atoms with Gasteiger partial charge in [0.1, 0.15) is 17.1 Å². The molecule has 0 saturated carbocycles. The van der Waals surface area contributed by atoms with E-state index >= 15 is 0 Å².